The number of nitrogens with zero attached hydrogens (tertiary/aromatic N) is 1. The minimum atomic E-state index is -0.461. The molecule has 3 aromatic rings. The van der Waals surface area contributed by atoms with Gasteiger partial charge in [0.2, 0.25) is 6.79 Å². The molecule has 0 saturated carbocycles. The number of hydrogen-bond donors (Lipinski definition) is 1. The highest BCUT2D eigenvalue weighted by atomic mass is 16.7. The molecule has 0 saturated heterocycles. The smallest absolute Gasteiger partial charge is 0.343 e. The molecule has 34 heavy (non-hydrogen) atoms. The third-order valence-corrected chi connectivity index (χ3v) is 4.96. The molecule has 0 atom stereocenters. The molecule has 1 aliphatic heterocycles. The third-order valence-electron chi connectivity index (χ3n) is 4.96. The molecule has 0 aliphatic carbocycles. The largest absolute Gasteiger partial charge is 0.494 e. The van der Waals surface area contributed by atoms with Crippen molar-refractivity contribution in [2.24, 2.45) is 5.10 Å². The Labute approximate surface area is 197 Å². The van der Waals surface area contributed by atoms with Crippen LogP contribution in [-0.4, -0.2) is 31.5 Å². The van der Waals surface area contributed by atoms with Gasteiger partial charge in [-0.1, -0.05) is 13.3 Å². The van der Waals surface area contributed by atoms with Crippen LogP contribution >= 0.6 is 0 Å². The quantitative estimate of drug-likeness (QED) is 0.165. The Morgan fingerprint density at radius 3 is 2.41 bits per heavy atom. The third kappa shape index (κ3) is 5.92. The Hall–Kier alpha value is -4.33. The minimum Gasteiger partial charge on any atom is -0.494 e. The lowest BCUT2D eigenvalue weighted by molar-refractivity contribution is 0.0734. The first-order valence-electron chi connectivity index (χ1n) is 10.9. The van der Waals surface area contributed by atoms with E-state index in [0.29, 0.717) is 35.0 Å². The van der Waals surface area contributed by atoms with Crippen LogP contribution in [0.4, 0.5) is 0 Å². The summed E-state index contributed by atoms with van der Waals surface area (Å²) in [5.74, 6) is 1.42. The molecule has 0 bridgehead atoms. The van der Waals surface area contributed by atoms with Crippen LogP contribution in [0.5, 0.6) is 23.0 Å². The zero-order chi connectivity index (χ0) is 23.8. The van der Waals surface area contributed by atoms with Gasteiger partial charge in [-0.3, -0.25) is 4.79 Å². The fourth-order valence-electron chi connectivity index (χ4n) is 3.08. The molecule has 8 nitrogen and oxygen atoms in total. The van der Waals surface area contributed by atoms with Crippen molar-refractivity contribution >= 4 is 18.1 Å². The zero-order valence-corrected chi connectivity index (χ0v) is 18.7. The Morgan fingerprint density at radius 1 is 0.941 bits per heavy atom. The zero-order valence-electron chi connectivity index (χ0n) is 18.7. The number of hydrazone groups is 1. The first-order valence-corrected chi connectivity index (χ1v) is 10.9. The van der Waals surface area contributed by atoms with Crippen molar-refractivity contribution in [2.45, 2.75) is 19.8 Å². The Kier molecular flexibility index (Phi) is 7.39. The van der Waals surface area contributed by atoms with E-state index in [0.717, 1.165) is 24.2 Å². The van der Waals surface area contributed by atoms with E-state index in [4.69, 9.17) is 18.9 Å². The van der Waals surface area contributed by atoms with Crippen LogP contribution in [0.3, 0.4) is 0 Å². The molecule has 0 unspecified atom stereocenters. The van der Waals surface area contributed by atoms with Crippen molar-refractivity contribution in [3.63, 3.8) is 0 Å². The highest BCUT2D eigenvalue weighted by molar-refractivity contribution is 5.95. The van der Waals surface area contributed by atoms with Crippen LogP contribution in [-0.2, 0) is 0 Å². The predicted octanol–water partition coefficient (Wildman–Crippen LogP) is 4.58. The Balaban J connectivity index is 1.27. The number of esters is 1. The fourth-order valence-corrected chi connectivity index (χ4v) is 3.08. The summed E-state index contributed by atoms with van der Waals surface area (Å²) in [5, 5.41) is 3.97. The lowest BCUT2D eigenvalue weighted by Gasteiger charge is -2.07. The van der Waals surface area contributed by atoms with Gasteiger partial charge in [-0.05, 0) is 78.7 Å². The number of fused-ring (bicyclic) bond motifs is 1. The number of benzene rings is 3. The van der Waals surface area contributed by atoms with Gasteiger partial charge in [0.05, 0.1) is 18.4 Å². The monoisotopic (exact) mass is 460 g/mol. The van der Waals surface area contributed by atoms with Gasteiger partial charge in [-0.25, -0.2) is 10.2 Å². The molecule has 0 spiro atoms. The molecule has 1 N–H and O–H groups in total. The molecule has 0 fully saturated rings. The molecule has 8 heteroatoms. The molecule has 4 rings (SSSR count). The molecule has 0 radical (unpaired) electrons. The second kappa shape index (κ2) is 11.0. The van der Waals surface area contributed by atoms with Gasteiger partial charge < -0.3 is 18.9 Å². The van der Waals surface area contributed by atoms with Crippen LogP contribution in [0.2, 0.25) is 0 Å². The Bertz CT molecular complexity index is 1170. The first kappa shape index (κ1) is 22.8. The number of hydrogen-bond acceptors (Lipinski definition) is 7. The summed E-state index contributed by atoms with van der Waals surface area (Å²) in [7, 11) is 0. The van der Waals surface area contributed by atoms with Crippen molar-refractivity contribution < 1.29 is 28.5 Å². The minimum absolute atomic E-state index is 0.143. The summed E-state index contributed by atoms with van der Waals surface area (Å²) < 4.78 is 21.5. The second-order valence-corrected chi connectivity index (χ2v) is 7.45. The highest BCUT2D eigenvalue weighted by Crippen LogP contribution is 2.32. The van der Waals surface area contributed by atoms with E-state index in [-0.39, 0.29) is 12.7 Å². The molecule has 0 aromatic heterocycles. The van der Waals surface area contributed by atoms with Crippen molar-refractivity contribution in [2.75, 3.05) is 13.4 Å². The van der Waals surface area contributed by atoms with E-state index in [1.165, 1.54) is 6.21 Å². The van der Waals surface area contributed by atoms with Gasteiger partial charge in [0.15, 0.2) is 11.5 Å². The van der Waals surface area contributed by atoms with E-state index < -0.39 is 5.97 Å². The number of carbonyl (C=O) groups excluding carboxylic acids is 2. The fraction of sp³-hybridized carbons (Fsp3) is 0.192. The van der Waals surface area contributed by atoms with E-state index >= 15 is 0 Å². The topological polar surface area (TPSA) is 95.5 Å². The molecule has 174 valence electrons. The normalized spacial score (nSPS) is 11.9. The summed E-state index contributed by atoms with van der Waals surface area (Å²) in [6.07, 6.45) is 3.54. The molecular weight excluding hydrogens is 436 g/mol. The molecule has 1 heterocycles. The van der Waals surface area contributed by atoms with Crippen LogP contribution in [0.15, 0.2) is 71.8 Å². The van der Waals surface area contributed by atoms with Gasteiger partial charge >= 0.3 is 5.97 Å². The van der Waals surface area contributed by atoms with Gasteiger partial charge in [-0.15, -0.1) is 0 Å². The van der Waals surface area contributed by atoms with Crippen molar-refractivity contribution in [3.8, 4) is 23.0 Å². The molecule has 3 aromatic carbocycles. The molecule has 1 aliphatic rings. The average Bonchev–Trinajstić information content (AvgIpc) is 3.33. The van der Waals surface area contributed by atoms with E-state index in [1.807, 2.05) is 0 Å². The van der Waals surface area contributed by atoms with Crippen molar-refractivity contribution in [1.82, 2.24) is 5.43 Å². The lowest BCUT2D eigenvalue weighted by atomic mass is 10.2. The maximum Gasteiger partial charge on any atom is 0.343 e. The first-order chi connectivity index (χ1) is 16.6. The number of amides is 1. The number of unbranched alkanes of at least 4 members (excludes halogenated alkanes) is 1. The second-order valence-electron chi connectivity index (χ2n) is 7.45. The van der Waals surface area contributed by atoms with E-state index in [9.17, 15) is 9.59 Å². The Morgan fingerprint density at radius 2 is 1.65 bits per heavy atom. The van der Waals surface area contributed by atoms with Crippen LogP contribution in [0.1, 0.15) is 46.0 Å². The number of nitrogens with one attached hydrogen (secondary N) is 1. The molecule has 1 amide bonds. The predicted molar refractivity (Wildman–Crippen MR) is 126 cm³/mol. The maximum absolute atomic E-state index is 12.4. The number of rotatable bonds is 9. The summed E-state index contributed by atoms with van der Waals surface area (Å²) >= 11 is 0. The lowest BCUT2D eigenvalue weighted by Crippen LogP contribution is -2.17. The van der Waals surface area contributed by atoms with Gasteiger partial charge in [-0.2, -0.15) is 5.10 Å². The van der Waals surface area contributed by atoms with Gasteiger partial charge in [0.25, 0.3) is 5.91 Å². The van der Waals surface area contributed by atoms with Crippen molar-refractivity contribution in [1.29, 1.82) is 0 Å². The summed E-state index contributed by atoms with van der Waals surface area (Å²) in [6, 6.07) is 18.5. The van der Waals surface area contributed by atoms with Gasteiger partial charge in [0, 0.05) is 5.56 Å². The summed E-state index contributed by atoms with van der Waals surface area (Å²) in [5.41, 5.74) is 4.02. The summed E-state index contributed by atoms with van der Waals surface area (Å²) in [6.45, 7) is 2.89. The SMILES string of the molecule is CCCCOc1ccc(C(=O)Oc2ccc(/C=N\NC(=O)c3ccc4c(c3)OCO4)cc2)cc1. The van der Waals surface area contributed by atoms with Crippen molar-refractivity contribution in [3.05, 3.63) is 83.4 Å². The van der Waals surface area contributed by atoms with Gasteiger partial charge in [0.1, 0.15) is 11.5 Å². The van der Waals surface area contributed by atoms with E-state index in [1.54, 1.807) is 66.7 Å². The van der Waals surface area contributed by atoms with Crippen LogP contribution in [0, 0.1) is 0 Å². The summed E-state index contributed by atoms with van der Waals surface area (Å²) in [4.78, 5) is 24.6. The van der Waals surface area contributed by atoms with E-state index in [2.05, 4.69) is 17.5 Å². The van der Waals surface area contributed by atoms with Crippen LogP contribution in [0.25, 0.3) is 0 Å². The molecular formula is C26H24N2O6. The standard InChI is InChI=1S/C26H24N2O6/c1-2-3-14-31-21-11-6-19(7-12-21)26(30)34-22-9-4-18(5-10-22)16-27-28-25(29)20-8-13-23-24(15-20)33-17-32-23/h4-13,15-16H,2-3,14,17H2,1H3,(H,28,29)/b27-16-. The maximum atomic E-state index is 12.4. The average molecular weight is 460 g/mol. The number of carbonyl (C=O) groups is 2. The number of ether oxygens (including phenoxy) is 4. The highest BCUT2D eigenvalue weighted by Gasteiger charge is 2.16. The van der Waals surface area contributed by atoms with Crippen LogP contribution < -0.4 is 24.4 Å².